The van der Waals surface area contributed by atoms with Crippen LogP contribution in [0.25, 0.3) is 0 Å². The zero-order valence-corrected chi connectivity index (χ0v) is 12.7. The molecule has 0 amide bonds. The summed E-state index contributed by atoms with van der Waals surface area (Å²) in [7, 11) is 1.70. The quantitative estimate of drug-likeness (QED) is 0.919. The number of aliphatic imine (C=N–C) groups is 1. The van der Waals surface area contributed by atoms with Crippen molar-refractivity contribution < 1.29 is 4.74 Å². The molecule has 1 aromatic carbocycles. The predicted octanol–water partition coefficient (Wildman–Crippen LogP) is 3.10. The lowest BCUT2D eigenvalue weighted by molar-refractivity contribution is 0.414. The molecule has 1 N–H and O–H groups in total. The zero-order chi connectivity index (χ0) is 13.7. The van der Waals surface area contributed by atoms with Crippen molar-refractivity contribution in [1.82, 2.24) is 5.32 Å². The first-order valence-electron chi connectivity index (χ1n) is 6.67. The van der Waals surface area contributed by atoms with Gasteiger partial charge in [0.2, 0.25) is 0 Å². The molecular weight excluding hydrogens is 256 g/mol. The van der Waals surface area contributed by atoms with Gasteiger partial charge in [0.15, 0.2) is 5.17 Å². The Morgan fingerprint density at radius 1 is 1.42 bits per heavy atom. The van der Waals surface area contributed by atoms with Crippen LogP contribution < -0.4 is 10.1 Å². The Bertz CT molecular complexity index is 457. The highest BCUT2D eigenvalue weighted by Crippen LogP contribution is 2.21. The van der Waals surface area contributed by atoms with Crippen molar-refractivity contribution in [1.29, 1.82) is 0 Å². The molecule has 1 fully saturated rings. The third kappa shape index (κ3) is 4.46. The number of hydrogen-bond donors (Lipinski definition) is 1. The van der Waals surface area contributed by atoms with Crippen LogP contribution in [0.1, 0.15) is 25.8 Å². The van der Waals surface area contributed by atoms with Gasteiger partial charge in [-0.3, -0.25) is 4.99 Å². The van der Waals surface area contributed by atoms with Crippen LogP contribution in [0.3, 0.4) is 0 Å². The first-order valence-corrected chi connectivity index (χ1v) is 7.66. The fourth-order valence-electron chi connectivity index (χ4n) is 1.99. The van der Waals surface area contributed by atoms with E-state index in [2.05, 4.69) is 36.3 Å². The van der Waals surface area contributed by atoms with Gasteiger partial charge in [-0.05, 0) is 44.4 Å². The summed E-state index contributed by atoms with van der Waals surface area (Å²) in [6, 6.07) is 8.19. The number of benzene rings is 1. The molecule has 0 unspecified atom stereocenters. The lowest BCUT2D eigenvalue weighted by Gasteiger charge is -2.32. The van der Waals surface area contributed by atoms with Gasteiger partial charge in [-0.25, -0.2) is 0 Å². The smallest absolute Gasteiger partial charge is 0.156 e. The lowest BCUT2D eigenvalue weighted by Crippen LogP contribution is -2.46. The largest absolute Gasteiger partial charge is 0.497 e. The second-order valence-electron chi connectivity index (χ2n) is 5.40. The number of rotatable bonds is 4. The van der Waals surface area contributed by atoms with Gasteiger partial charge in [0.25, 0.3) is 0 Å². The summed E-state index contributed by atoms with van der Waals surface area (Å²) in [4.78, 5) is 4.66. The van der Waals surface area contributed by atoms with E-state index in [0.717, 1.165) is 29.6 Å². The van der Waals surface area contributed by atoms with E-state index < -0.39 is 0 Å². The summed E-state index contributed by atoms with van der Waals surface area (Å²) in [6.07, 6.45) is 2.13. The number of nitrogens with zero attached hydrogens (tertiary/aromatic N) is 1. The molecule has 1 aliphatic heterocycles. The molecule has 104 valence electrons. The zero-order valence-electron chi connectivity index (χ0n) is 11.9. The second-order valence-corrected chi connectivity index (χ2v) is 6.48. The number of hydrogen-bond acceptors (Lipinski definition) is 3. The molecule has 1 heterocycles. The highest BCUT2D eigenvalue weighted by Gasteiger charge is 2.23. The molecular formula is C15H22N2OS. The monoisotopic (exact) mass is 278 g/mol. The molecule has 1 aliphatic rings. The Balaban J connectivity index is 1.88. The van der Waals surface area contributed by atoms with Crippen molar-refractivity contribution in [2.45, 2.75) is 32.2 Å². The third-order valence-electron chi connectivity index (χ3n) is 3.20. The number of ether oxygens (including phenoxy) is 1. The molecule has 2 rings (SSSR count). The van der Waals surface area contributed by atoms with Crippen molar-refractivity contribution in [2.24, 2.45) is 4.99 Å². The molecule has 0 spiro atoms. The van der Waals surface area contributed by atoms with Gasteiger partial charge in [0.1, 0.15) is 5.75 Å². The van der Waals surface area contributed by atoms with E-state index in [1.807, 2.05) is 23.9 Å². The molecule has 3 nitrogen and oxygen atoms in total. The van der Waals surface area contributed by atoms with Gasteiger partial charge in [0, 0.05) is 17.8 Å². The Labute approximate surface area is 119 Å². The Morgan fingerprint density at radius 2 is 2.26 bits per heavy atom. The molecule has 1 saturated heterocycles. The van der Waals surface area contributed by atoms with Gasteiger partial charge < -0.3 is 10.1 Å². The lowest BCUT2D eigenvalue weighted by atomic mass is 10.0. The van der Waals surface area contributed by atoms with Crippen LogP contribution in [0.5, 0.6) is 5.75 Å². The Kier molecular flexibility index (Phi) is 4.75. The average Bonchev–Trinajstić information content (AvgIpc) is 2.38. The van der Waals surface area contributed by atoms with Crippen molar-refractivity contribution >= 4 is 16.9 Å². The number of thioether (sulfide) groups is 1. The number of nitrogens with one attached hydrogen (secondary N) is 1. The molecule has 19 heavy (non-hydrogen) atoms. The minimum absolute atomic E-state index is 0.181. The molecule has 0 radical (unpaired) electrons. The maximum absolute atomic E-state index is 5.23. The highest BCUT2D eigenvalue weighted by molar-refractivity contribution is 8.13. The maximum atomic E-state index is 5.23. The van der Waals surface area contributed by atoms with Crippen molar-refractivity contribution in [3.63, 3.8) is 0 Å². The average molecular weight is 278 g/mol. The minimum atomic E-state index is 0.181. The van der Waals surface area contributed by atoms with Crippen molar-refractivity contribution in [3.8, 4) is 5.75 Å². The van der Waals surface area contributed by atoms with Crippen LogP contribution in [-0.2, 0) is 6.42 Å². The van der Waals surface area contributed by atoms with Crippen molar-refractivity contribution in [3.05, 3.63) is 29.8 Å². The SMILES string of the molecule is COc1cccc(CCN=C2NC(C)(C)CCS2)c1. The summed E-state index contributed by atoms with van der Waals surface area (Å²) < 4.78 is 5.23. The maximum Gasteiger partial charge on any atom is 0.156 e. The molecule has 0 aromatic heterocycles. The van der Waals surface area contributed by atoms with E-state index in [1.54, 1.807) is 7.11 Å². The van der Waals surface area contributed by atoms with E-state index in [0.29, 0.717) is 0 Å². The normalized spacial score (nSPS) is 20.1. The van der Waals surface area contributed by atoms with Gasteiger partial charge >= 0.3 is 0 Å². The van der Waals surface area contributed by atoms with Crippen LogP contribution in [0.2, 0.25) is 0 Å². The topological polar surface area (TPSA) is 33.6 Å². The molecule has 1 aromatic rings. The summed E-state index contributed by atoms with van der Waals surface area (Å²) in [5.41, 5.74) is 1.45. The molecule has 0 bridgehead atoms. The van der Waals surface area contributed by atoms with Gasteiger partial charge in [-0.1, -0.05) is 23.9 Å². The summed E-state index contributed by atoms with van der Waals surface area (Å²) in [5.74, 6) is 2.06. The van der Waals surface area contributed by atoms with Crippen molar-refractivity contribution in [2.75, 3.05) is 19.4 Å². The van der Waals surface area contributed by atoms with E-state index in [-0.39, 0.29) is 5.54 Å². The molecule has 0 saturated carbocycles. The second kappa shape index (κ2) is 6.33. The third-order valence-corrected chi connectivity index (χ3v) is 4.11. The van der Waals surface area contributed by atoms with Gasteiger partial charge in [-0.15, -0.1) is 0 Å². The van der Waals surface area contributed by atoms with E-state index >= 15 is 0 Å². The van der Waals surface area contributed by atoms with Crippen LogP contribution in [-0.4, -0.2) is 30.1 Å². The first-order chi connectivity index (χ1) is 9.09. The molecule has 0 atom stereocenters. The fourth-order valence-corrected chi connectivity index (χ4v) is 3.33. The number of methoxy groups -OCH3 is 1. The van der Waals surface area contributed by atoms with Crippen LogP contribution in [0.4, 0.5) is 0 Å². The minimum Gasteiger partial charge on any atom is -0.497 e. The van der Waals surface area contributed by atoms with Crippen LogP contribution in [0.15, 0.2) is 29.3 Å². The predicted molar refractivity (Wildman–Crippen MR) is 83.3 cm³/mol. The Morgan fingerprint density at radius 3 is 3.00 bits per heavy atom. The van der Waals surface area contributed by atoms with E-state index in [1.165, 1.54) is 12.0 Å². The highest BCUT2D eigenvalue weighted by atomic mass is 32.2. The summed E-state index contributed by atoms with van der Waals surface area (Å²) >= 11 is 1.82. The molecule has 0 aliphatic carbocycles. The van der Waals surface area contributed by atoms with E-state index in [9.17, 15) is 0 Å². The van der Waals surface area contributed by atoms with Gasteiger partial charge in [0.05, 0.1) is 7.11 Å². The standard InChI is InChI=1S/C15H22N2OS/c1-15(2)8-10-19-14(17-15)16-9-7-12-5-4-6-13(11-12)18-3/h4-6,11H,7-10H2,1-3H3,(H,16,17). The molecule has 4 heteroatoms. The van der Waals surface area contributed by atoms with Gasteiger partial charge in [-0.2, -0.15) is 0 Å². The summed E-state index contributed by atoms with van der Waals surface area (Å²) in [5, 5.41) is 4.57. The number of amidine groups is 1. The summed E-state index contributed by atoms with van der Waals surface area (Å²) in [6.45, 7) is 5.27. The van der Waals surface area contributed by atoms with E-state index in [4.69, 9.17) is 4.74 Å². The first kappa shape index (κ1) is 14.3. The fraction of sp³-hybridized carbons (Fsp3) is 0.533. The Hall–Kier alpha value is -1.16. The van der Waals surface area contributed by atoms with Crippen LogP contribution >= 0.6 is 11.8 Å². The van der Waals surface area contributed by atoms with Crippen LogP contribution in [0, 0.1) is 0 Å².